The first kappa shape index (κ1) is 17.3. The van der Waals surface area contributed by atoms with Gasteiger partial charge in [0, 0.05) is 38.3 Å². The highest BCUT2D eigenvalue weighted by Gasteiger charge is 2.34. The van der Waals surface area contributed by atoms with Gasteiger partial charge in [0.2, 0.25) is 0 Å². The van der Waals surface area contributed by atoms with Crippen molar-refractivity contribution in [2.24, 2.45) is 11.8 Å². The average molecular weight is 337 g/mol. The fraction of sp³-hybridized carbons (Fsp3) is 0.667. The summed E-state index contributed by atoms with van der Waals surface area (Å²) < 4.78 is 26.9. The molecule has 2 fully saturated rings. The second-order valence-corrected chi connectivity index (χ2v) is 7.34. The quantitative estimate of drug-likeness (QED) is 0.848. The van der Waals surface area contributed by atoms with Gasteiger partial charge in [-0.25, -0.2) is 13.8 Å². The first-order chi connectivity index (χ1) is 11.5. The molecule has 0 spiro atoms. The minimum Gasteiger partial charge on any atom is -0.336 e. The van der Waals surface area contributed by atoms with Crippen molar-refractivity contribution in [3.8, 4) is 0 Å². The van der Waals surface area contributed by atoms with E-state index in [1.807, 2.05) is 0 Å². The molecule has 1 aliphatic carbocycles. The van der Waals surface area contributed by atoms with Crippen molar-refractivity contribution in [1.82, 2.24) is 14.8 Å². The molecule has 132 valence electrons. The highest BCUT2D eigenvalue weighted by Crippen LogP contribution is 2.32. The Morgan fingerprint density at radius 3 is 2.71 bits per heavy atom. The van der Waals surface area contributed by atoms with Gasteiger partial charge >= 0.3 is 0 Å². The standard InChI is InChI=1S/C18H25F2N3O/c1-12(2)16-11-23(7-3-6-22(16)10-13-4-5-13)18(24)17-15(20)8-14(19)9-21-17/h8-9,12-13,16H,3-7,10-11H2,1-2H3. The van der Waals surface area contributed by atoms with E-state index in [9.17, 15) is 13.6 Å². The summed E-state index contributed by atoms with van der Waals surface area (Å²) in [6.45, 7) is 7.53. The van der Waals surface area contributed by atoms with Crippen molar-refractivity contribution in [2.45, 2.75) is 39.2 Å². The van der Waals surface area contributed by atoms with E-state index in [-0.39, 0.29) is 11.7 Å². The molecular formula is C18H25F2N3O. The molecule has 1 atom stereocenters. The Labute approximate surface area is 141 Å². The molecule has 2 aliphatic rings. The summed E-state index contributed by atoms with van der Waals surface area (Å²) in [4.78, 5) is 20.5. The maximum Gasteiger partial charge on any atom is 0.275 e. The molecule has 1 aromatic heterocycles. The maximum absolute atomic E-state index is 13.9. The van der Waals surface area contributed by atoms with Crippen molar-refractivity contribution >= 4 is 5.91 Å². The fourth-order valence-corrected chi connectivity index (χ4v) is 3.46. The Bertz CT molecular complexity index is 604. The molecule has 3 rings (SSSR count). The predicted octanol–water partition coefficient (Wildman–Crippen LogP) is 2.94. The Kier molecular flexibility index (Phi) is 5.13. The minimum absolute atomic E-state index is 0.264. The number of nitrogens with zero attached hydrogens (tertiary/aromatic N) is 3. The van der Waals surface area contributed by atoms with Gasteiger partial charge in [0.05, 0.1) is 6.20 Å². The number of aromatic nitrogens is 1. The third kappa shape index (κ3) is 3.91. The van der Waals surface area contributed by atoms with Crippen molar-refractivity contribution < 1.29 is 13.6 Å². The normalized spacial score (nSPS) is 22.7. The zero-order valence-electron chi connectivity index (χ0n) is 14.3. The largest absolute Gasteiger partial charge is 0.336 e. The van der Waals surface area contributed by atoms with E-state index in [1.54, 1.807) is 4.90 Å². The van der Waals surface area contributed by atoms with Crippen molar-refractivity contribution in [1.29, 1.82) is 0 Å². The van der Waals surface area contributed by atoms with Crippen molar-refractivity contribution in [3.05, 3.63) is 29.6 Å². The number of rotatable bonds is 4. The SMILES string of the molecule is CC(C)C1CN(C(=O)c2ncc(F)cc2F)CCCN1CC1CC1. The Morgan fingerprint density at radius 1 is 1.33 bits per heavy atom. The van der Waals surface area contributed by atoms with Gasteiger partial charge in [0.25, 0.3) is 5.91 Å². The second-order valence-electron chi connectivity index (χ2n) is 7.34. The highest BCUT2D eigenvalue weighted by atomic mass is 19.1. The van der Waals surface area contributed by atoms with Crippen LogP contribution in [0.2, 0.25) is 0 Å². The first-order valence-corrected chi connectivity index (χ1v) is 8.80. The predicted molar refractivity (Wildman–Crippen MR) is 87.6 cm³/mol. The van der Waals surface area contributed by atoms with E-state index in [0.29, 0.717) is 19.0 Å². The summed E-state index contributed by atoms with van der Waals surface area (Å²) >= 11 is 0. The summed E-state index contributed by atoms with van der Waals surface area (Å²) in [6, 6.07) is 0.984. The molecular weight excluding hydrogens is 312 g/mol. The number of carbonyl (C=O) groups excluding carboxylic acids is 1. The molecule has 24 heavy (non-hydrogen) atoms. The first-order valence-electron chi connectivity index (χ1n) is 8.80. The molecule has 2 heterocycles. The number of halogens is 2. The van der Waals surface area contributed by atoms with Gasteiger partial charge in [-0.3, -0.25) is 9.69 Å². The van der Waals surface area contributed by atoms with Gasteiger partial charge in [-0.1, -0.05) is 13.8 Å². The van der Waals surface area contributed by atoms with Crippen LogP contribution in [0, 0.1) is 23.5 Å². The van der Waals surface area contributed by atoms with Crippen LogP contribution < -0.4 is 0 Å². The minimum atomic E-state index is -0.889. The smallest absolute Gasteiger partial charge is 0.275 e. The van der Waals surface area contributed by atoms with Crippen LogP contribution >= 0.6 is 0 Å². The molecule has 1 saturated heterocycles. The number of hydrogen-bond donors (Lipinski definition) is 0. The van der Waals surface area contributed by atoms with Crippen molar-refractivity contribution in [3.63, 3.8) is 0 Å². The van der Waals surface area contributed by atoms with Gasteiger partial charge in [-0.15, -0.1) is 0 Å². The lowest BCUT2D eigenvalue weighted by Crippen LogP contribution is -2.46. The Morgan fingerprint density at radius 2 is 2.08 bits per heavy atom. The summed E-state index contributed by atoms with van der Waals surface area (Å²) in [7, 11) is 0. The molecule has 1 unspecified atom stereocenters. The number of hydrogen-bond acceptors (Lipinski definition) is 3. The van der Waals surface area contributed by atoms with E-state index < -0.39 is 17.5 Å². The fourth-order valence-electron chi connectivity index (χ4n) is 3.46. The summed E-state index contributed by atoms with van der Waals surface area (Å²) in [6.07, 6.45) is 4.36. The van der Waals surface area contributed by atoms with Crippen LogP contribution in [-0.4, -0.2) is 52.9 Å². The molecule has 1 saturated carbocycles. The zero-order chi connectivity index (χ0) is 17.3. The van der Waals surface area contributed by atoms with E-state index in [0.717, 1.165) is 37.7 Å². The molecule has 0 N–H and O–H groups in total. The maximum atomic E-state index is 13.9. The van der Waals surface area contributed by atoms with Crippen LogP contribution in [0.5, 0.6) is 0 Å². The zero-order valence-corrected chi connectivity index (χ0v) is 14.3. The van der Waals surface area contributed by atoms with Crippen LogP contribution in [-0.2, 0) is 0 Å². The molecule has 0 bridgehead atoms. The van der Waals surface area contributed by atoms with E-state index in [2.05, 4.69) is 23.7 Å². The Balaban J connectivity index is 1.76. The number of carbonyl (C=O) groups is 1. The van der Waals surface area contributed by atoms with Crippen molar-refractivity contribution in [2.75, 3.05) is 26.2 Å². The monoisotopic (exact) mass is 337 g/mol. The van der Waals surface area contributed by atoms with Gasteiger partial charge in [0.1, 0.15) is 5.82 Å². The van der Waals surface area contributed by atoms with E-state index in [4.69, 9.17) is 0 Å². The lowest BCUT2D eigenvalue weighted by molar-refractivity contribution is 0.0693. The van der Waals surface area contributed by atoms with Crippen LogP contribution in [0.15, 0.2) is 12.3 Å². The topological polar surface area (TPSA) is 36.4 Å². The lowest BCUT2D eigenvalue weighted by atomic mass is 10.0. The lowest BCUT2D eigenvalue weighted by Gasteiger charge is -2.34. The molecule has 1 amide bonds. The van der Waals surface area contributed by atoms with E-state index >= 15 is 0 Å². The molecule has 0 aromatic carbocycles. The summed E-state index contributed by atoms with van der Waals surface area (Å²) in [5.41, 5.74) is -0.283. The molecule has 6 heteroatoms. The van der Waals surface area contributed by atoms with Crippen LogP contribution in [0.25, 0.3) is 0 Å². The highest BCUT2D eigenvalue weighted by molar-refractivity contribution is 5.92. The molecule has 0 radical (unpaired) electrons. The third-order valence-electron chi connectivity index (χ3n) is 5.01. The summed E-state index contributed by atoms with van der Waals surface area (Å²) in [5.74, 6) is -0.893. The van der Waals surface area contributed by atoms with Gasteiger partial charge < -0.3 is 4.90 Å². The average Bonchev–Trinajstić information content (AvgIpc) is 3.34. The number of amides is 1. The number of pyridine rings is 1. The Hall–Kier alpha value is -1.56. The van der Waals surface area contributed by atoms with Crippen LogP contribution in [0.3, 0.4) is 0 Å². The van der Waals surface area contributed by atoms with Crippen LogP contribution in [0.1, 0.15) is 43.6 Å². The van der Waals surface area contributed by atoms with Gasteiger partial charge in [-0.2, -0.15) is 0 Å². The van der Waals surface area contributed by atoms with Gasteiger partial charge in [-0.05, 0) is 31.1 Å². The van der Waals surface area contributed by atoms with Gasteiger partial charge in [0.15, 0.2) is 11.5 Å². The second kappa shape index (κ2) is 7.13. The molecule has 4 nitrogen and oxygen atoms in total. The third-order valence-corrected chi connectivity index (χ3v) is 5.01. The van der Waals surface area contributed by atoms with Crippen LogP contribution in [0.4, 0.5) is 8.78 Å². The summed E-state index contributed by atoms with van der Waals surface area (Å²) in [5, 5.41) is 0. The molecule has 1 aliphatic heterocycles. The molecule has 1 aromatic rings. The van der Waals surface area contributed by atoms with E-state index in [1.165, 1.54) is 12.8 Å².